The van der Waals surface area contributed by atoms with Gasteiger partial charge in [0.05, 0.1) is 6.54 Å². The molecule has 3 nitrogen and oxygen atoms in total. The summed E-state index contributed by atoms with van der Waals surface area (Å²) >= 11 is 0. The lowest BCUT2D eigenvalue weighted by Crippen LogP contribution is -2.46. The minimum Gasteiger partial charge on any atom is -0.366 e. The van der Waals surface area contributed by atoms with Crippen molar-refractivity contribution in [1.82, 2.24) is 5.48 Å². The standard InChI is InChI=1S/C19H29F2NO2/c1-7-8-16(18(4,5)6)19(20,21)17(23)24-22-12-15-10-9-13(2)14(3)11-15/h9-11,16,22H,7-8,12H2,1-6H3. The normalized spacial score (nSPS) is 13.7. The van der Waals surface area contributed by atoms with Gasteiger partial charge in [0.15, 0.2) is 0 Å². The van der Waals surface area contributed by atoms with E-state index in [2.05, 4.69) is 10.3 Å². The van der Waals surface area contributed by atoms with Crippen molar-refractivity contribution in [2.75, 3.05) is 0 Å². The van der Waals surface area contributed by atoms with Crippen LogP contribution in [0.15, 0.2) is 18.2 Å². The Bertz CT molecular complexity index is 565. The Labute approximate surface area is 143 Å². The molecule has 0 radical (unpaired) electrons. The number of carbonyl (C=O) groups is 1. The molecule has 24 heavy (non-hydrogen) atoms. The molecule has 1 unspecified atom stereocenters. The van der Waals surface area contributed by atoms with Gasteiger partial charge in [0.2, 0.25) is 0 Å². The Morgan fingerprint density at radius 1 is 1.21 bits per heavy atom. The molecule has 0 saturated heterocycles. The fourth-order valence-electron chi connectivity index (χ4n) is 2.76. The number of alkyl halides is 2. The van der Waals surface area contributed by atoms with Crippen LogP contribution in [0.1, 0.15) is 57.2 Å². The summed E-state index contributed by atoms with van der Waals surface area (Å²) in [6.07, 6.45) is 0.851. The van der Waals surface area contributed by atoms with Gasteiger partial charge in [-0.25, -0.2) is 4.79 Å². The van der Waals surface area contributed by atoms with Crippen molar-refractivity contribution >= 4 is 5.97 Å². The molecule has 0 aliphatic rings. The molecule has 0 aliphatic carbocycles. The predicted molar refractivity (Wildman–Crippen MR) is 91.6 cm³/mol. The van der Waals surface area contributed by atoms with Crippen LogP contribution in [0.2, 0.25) is 0 Å². The Balaban J connectivity index is 2.69. The average Bonchev–Trinajstić information content (AvgIpc) is 2.46. The first kappa shape index (κ1) is 20.6. The molecule has 0 amide bonds. The van der Waals surface area contributed by atoms with Gasteiger partial charge < -0.3 is 4.84 Å². The van der Waals surface area contributed by atoms with Gasteiger partial charge in [0.1, 0.15) is 0 Å². The summed E-state index contributed by atoms with van der Waals surface area (Å²) in [6.45, 7) is 11.1. The van der Waals surface area contributed by atoms with Crippen molar-refractivity contribution < 1.29 is 18.4 Å². The molecule has 0 aromatic heterocycles. The highest BCUT2D eigenvalue weighted by atomic mass is 19.3. The largest absolute Gasteiger partial charge is 0.395 e. The zero-order valence-electron chi connectivity index (χ0n) is 15.5. The molecule has 0 fully saturated rings. The van der Waals surface area contributed by atoms with E-state index in [0.717, 1.165) is 16.7 Å². The molecular formula is C19H29F2NO2. The number of hydrogen-bond acceptors (Lipinski definition) is 3. The monoisotopic (exact) mass is 341 g/mol. The van der Waals surface area contributed by atoms with Crippen LogP contribution in [0.3, 0.4) is 0 Å². The quantitative estimate of drug-likeness (QED) is 0.713. The van der Waals surface area contributed by atoms with E-state index in [1.165, 1.54) is 0 Å². The van der Waals surface area contributed by atoms with Crippen LogP contribution in [0, 0.1) is 25.2 Å². The van der Waals surface area contributed by atoms with Crippen LogP contribution in [0.25, 0.3) is 0 Å². The van der Waals surface area contributed by atoms with Crippen LogP contribution in [0.5, 0.6) is 0 Å². The fraction of sp³-hybridized carbons (Fsp3) is 0.632. The van der Waals surface area contributed by atoms with Crippen LogP contribution in [0.4, 0.5) is 8.78 Å². The van der Waals surface area contributed by atoms with Gasteiger partial charge in [-0.05, 0) is 42.4 Å². The molecule has 0 bridgehead atoms. The van der Waals surface area contributed by atoms with E-state index in [0.29, 0.717) is 6.42 Å². The number of hydrogen-bond donors (Lipinski definition) is 1. The molecule has 136 valence electrons. The summed E-state index contributed by atoms with van der Waals surface area (Å²) in [5.74, 6) is -6.10. The van der Waals surface area contributed by atoms with E-state index in [-0.39, 0.29) is 13.0 Å². The third-order valence-electron chi connectivity index (χ3n) is 4.35. The maximum atomic E-state index is 14.5. The second-order valence-corrected chi connectivity index (χ2v) is 7.46. The summed E-state index contributed by atoms with van der Waals surface area (Å²) in [7, 11) is 0. The van der Waals surface area contributed by atoms with Gasteiger partial charge in [-0.15, -0.1) is 5.48 Å². The Morgan fingerprint density at radius 2 is 1.83 bits per heavy atom. The van der Waals surface area contributed by atoms with Crippen molar-refractivity contribution in [2.45, 2.75) is 66.9 Å². The highest BCUT2D eigenvalue weighted by Crippen LogP contribution is 2.42. The summed E-state index contributed by atoms with van der Waals surface area (Å²) in [5.41, 5.74) is 4.80. The molecule has 1 rings (SSSR count). The molecule has 5 heteroatoms. The molecule has 1 aromatic carbocycles. The first-order valence-corrected chi connectivity index (χ1v) is 8.38. The topological polar surface area (TPSA) is 38.3 Å². The third kappa shape index (κ3) is 5.26. The van der Waals surface area contributed by atoms with E-state index < -0.39 is 23.2 Å². The first-order valence-electron chi connectivity index (χ1n) is 8.38. The molecular weight excluding hydrogens is 312 g/mol. The lowest BCUT2D eigenvalue weighted by Gasteiger charge is -2.35. The highest BCUT2D eigenvalue weighted by molar-refractivity contribution is 5.77. The number of benzene rings is 1. The van der Waals surface area contributed by atoms with E-state index in [4.69, 9.17) is 0 Å². The number of rotatable bonds is 7. The van der Waals surface area contributed by atoms with Crippen molar-refractivity contribution in [2.24, 2.45) is 11.3 Å². The summed E-state index contributed by atoms with van der Waals surface area (Å²) in [5, 5.41) is 0. The number of aryl methyl sites for hydroxylation is 2. The minimum atomic E-state index is -3.52. The van der Waals surface area contributed by atoms with Gasteiger partial charge in [0.25, 0.3) is 0 Å². The second-order valence-electron chi connectivity index (χ2n) is 7.46. The average molecular weight is 341 g/mol. The Morgan fingerprint density at radius 3 is 2.33 bits per heavy atom. The molecule has 1 atom stereocenters. The number of carbonyl (C=O) groups excluding carboxylic acids is 1. The van der Waals surface area contributed by atoms with Gasteiger partial charge in [-0.1, -0.05) is 52.3 Å². The molecule has 0 aliphatic heterocycles. The first-order chi connectivity index (χ1) is 11.0. The second kappa shape index (κ2) is 8.06. The van der Waals surface area contributed by atoms with E-state index in [9.17, 15) is 13.6 Å². The summed E-state index contributed by atoms with van der Waals surface area (Å²) < 4.78 is 29.0. The third-order valence-corrected chi connectivity index (χ3v) is 4.35. The van der Waals surface area contributed by atoms with Crippen LogP contribution >= 0.6 is 0 Å². The number of halogens is 2. The summed E-state index contributed by atoms with van der Waals surface area (Å²) in [4.78, 5) is 16.6. The van der Waals surface area contributed by atoms with Gasteiger partial charge in [-0.2, -0.15) is 8.78 Å². The van der Waals surface area contributed by atoms with Crippen molar-refractivity contribution in [3.8, 4) is 0 Å². The number of hydroxylamine groups is 1. The van der Waals surface area contributed by atoms with Crippen molar-refractivity contribution in [3.63, 3.8) is 0 Å². The van der Waals surface area contributed by atoms with E-state index in [1.54, 1.807) is 20.8 Å². The van der Waals surface area contributed by atoms with Crippen LogP contribution in [-0.4, -0.2) is 11.9 Å². The van der Waals surface area contributed by atoms with Crippen molar-refractivity contribution in [1.29, 1.82) is 0 Å². The van der Waals surface area contributed by atoms with Crippen LogP contribution < -0.4 is 5.48 Å². The zero-order valence-corrected chi connectivity index (χ0v) is 15.5. The van der Waals surface area contributed by atoms with E-state index in [1.807, 2.05) is 39.0 Å². The molecule has 0 saturated carbocycles. The molecule has 1 aromatic rings. The van der Waals surface area contributed by atoms with Gasteiger partial charge >= 0.3 is 11.9 Å². The SMILES string of the molecule is CCCC(C(C)(C)C)C(F)(F)C(=O)ONCc1ccc(C)c(C)c1. The Kier molecular flexibility index (Phi) is 6.90. The maximum absolute atomic E-state index is 14.5. The lowest BCUT2D eigenvalue weighted by atomic mass is 9.74. The molecule has 1 N–H and O–H groups in total. The van der Waals surface area contributed by atoms with Gasteiger partial charge in [0, 0.05) is 5.92 Å². The molecule has 0 heterocycles. The maximum Gasteiger partial charge on any atom is 0.395 e. The lowest BCUT2D eigenvalue weighted by molar-refractivity contribution is -0.196. The highest BCUT2D eigenvalue weighted by Gasteiger charge is 2.53. The predicted octanol–water partition coefficient (Wildman–Crippen LogP) is 4.95. The Hall–Kier alpha value is -1.49. The summed E-state index contributed by atoms with van der Waals surface area (Å²) in [6, 6.07) is 5.75. The smallest absolute Gasteiger partial charge is 0.366 e. The zero-order chi connectivity index (χ0) is 18.5. The van der Waals surface area contributed by atoms with E-state index >= 15 is 0 Å². The van der Waals surface area contributed by atoms with Gasteiger partial charge in [-0.3, -0.25) is 0 Å². The van der Waals surface area contributed by atoms with Crippen molar-refractivity contribution in [3.05, 3.63) is 34.9 Å². The molecule has 0 spiro atoms. The van der Waals surface area contributed by atoms with Crippen LogP contribution in [-0.2, 0) is 16.2 Å². The minimum absolute atomic E-state index is 0.191. The fourth-order valence-corrected chi connectivity index (χ4v) is 2.76. The number of nitrogens with one attached hydrogen (secondary N) is 1.